The highest BCUT2D eigenvalue weighted by molar-refractivity contribution is 5.98. The number of aromatic nitrogens is 5. The zero-order valence-corrected chi connectivity index (χ0v) is 18.1. The molecule has 0 bridgehead atoms. The Morgan fingerprint density at radius 3 is 2.42 bits per heavy atom. The monoisotopic (exact) mass is 428 g/mol. The smallest absolute Gasteiger partial charge is 0.273 e. The molecule has 1 aromatic carbocycles. The number of carbonyl (C=O) groups is 1. The predicted octanol–water partition coefficient (Wildman–Crippen LogP) is 3.96. The highest BCUT2D eigenvalue weighted by Crippen LogP contribution is 2.25. The number of amides is 1. The maximum absolute atomic E-state index is 13.4. The number of aryl methyl sites for hydroxylation is 2. The standard InChI is InChI=1S/C22H26F2N6O/c1-5-29(16(3)7-9-20-25-13-17(14-26-20)22(4,23)24)21(31)18-12-15(2)6-8-19(18)30-27-10-11-28-30/h6,8,10-14,16H,5,7,9H2,1-4H3/t16-/m0/s1. The van der Waals surface area contributed by atoms with Crippen LogP contribution in [0.4, 0.5) is 8.78 Å². The number of nitrogens with zero attached hydrogens (tertiary/aromatic N) is 6. The number of rotatable bonds is 8. The third-order valence-corrected chi connectivity index (χ3v) is 5.15. The molecule has 0 radical (unpaired) electrons. The van der Waals surface area contributed by atoms with E-state index in [2.05, 4.69) is 20.2 Å². The van der Waals surface area contributed by atoms with E-state index in [9.17, 15) is 13.6 Å². The number of halogens is 2. The Kier molecular flexibility index (Phi) is 6.72. The molecule has 0 saturated heterocycles. The normalized spacial score (nSPS) is 12.6. The van der Waals surface area contributed by atoms with Gasteiger partial charge in [0, 0.05) is 38.3 Å². The van der Waals surface area contributed by atoms with Crippen LogP contribution in [0, 0.1) is 6.92 Å². The molecule has 1 atom stereocenters. The lowest BCUT2D eigenvalue weighted by atomic mass is 10.1. The van der Waals surface area contributed by atoms with Crippen LogP contribution in [0.25, 0.3) is 5.69 Å². The largest absolute Gasteiger partial charge is 0.336 e. The second-order valence-electron chi connectivity index (χ2n) is 7.59. The minimum absolute atomic E-state index is 0.104. The first kappa shape index (κ1) is 22.5. The van der Waals surface area contributed by atoms with E-state index in [1.54, 1.807) is 17.3 Å². The van der Waals surface area contributed by atoms with Gasteiger partial charge < -0.3 is 4.90 Å². The number of hydrogen-bond acceptors (Lipinski definition) is 5. The fourth-order valence-corrected chi connectivity index (χ4v) is 3.35. The van der Waals surface area contributed by atoms with Gasteiger partial charge in [-0.15, -0.1) is 0 Å². The van der Waals surface area contributed by atoms with Crippen LogP contribution in [0.15, 0.2) is 43.0 Å². The van der Waals surface area contributed by atoms with Crippen LogP contribution in [-0.4, -0.2) is 48.4 Å². The second-order valence-corrected chi connectivity index (χ2v) is 7.59. The molecule has 3 aromatic rings. The van der Waals surface area contributed by atoms with Crippen LogP contribution in [0.3, 0.4) is 0 Å². The summed E-state index contributed by atoms with van der Waals surface area (Å²) >= 11 is 0. The van der Waals surface area contributed by atoms with Gasteiger partial charge in [-0.05, 0) is 39.3 Å². The quantitative estimate of drug-likeness (QED) is 0.543. The second kappa shape index (κ2) is 9.28. The van der Waals surface area contributed by atoms with Gasteiger partial charge >= 0.3 is 0 Å². The Balaban J connectivity index is 1.74. The van der Waals surface area contributed by atoms with Crippen molar-refractivity contribution in [2.24, 2.45) is 0 Å². The molecule has 0 fully saturated rings. The van der Waals surface area contributed by atoms with Crippen molar-refractivity contribution in [2.45, 2.75) is 52.5 Å². The van der Waals surface area contributed by atoms with Gasteiger partial charge in [-0.3, -0.25) is 4.79 Å². The zero-order valence-electron chi connectivity index (χ0n) is 18.1. The fraction of sp³-hybridized carbons (Fsp3) is 0.409. The van der Waals surface area contributed by atoms with Crippen molar-refractivity contribution in [1.29, 1.82) is 0 Å². The average molecular weight is 428 g/mol. The van der Waals surface area contributed by atoms with E-state index < -0.39 is 5.92 Å². The Morgan fingerprint density at radius 2 is 1.84 bits per heavy atom. The van der Waals surface area contributed by atoms with Gasteiger partial charge in [-0.2, -0.15) is 15.0 Å². The maximum atomic E-state index is 13.4. The summed E-state index contributed by atoms with van der Waals surface area (Å²) < 4.78 is 26.7. The van der Waals surface area contributed by atoms with Crippen LogP contribution in [0.2, 0.25) is 0 Å². The molecular formula is C22H26F2N6O. The van der Waals surface area contributed by atoms with Crippen LogP contribution < -0.4 is 0 Å². The summed E-state index contributed by atoms with van der Waals surface area (Å²) in [6.45, 7) is 7.14. The topological polar surface area (TPSA) is 76.8 Å². The minimum Gasteiger partial charge on any atom is -0.336 e. The Hall–Kier alpha value is -3.23. The Labute approximate surface area is 180 Å². The van der Waals surface area contributed by atoms with Crippen LogP contribution >= 0.6 is 0 Å². The molecule has 164 valence electrons. The van der Waals surface area contributed by atoms with Gasteiger partial charge in [0.2, 0.25) is 0 Å². The number of benzene rings is 1. The first-order chi connectivity index (χ1) is 14.7. The van der Waals surface area contributed by atoms with Gasteiger partial charge in [0.05, 0.1) is 29.2 Å². The number of alkyl halides is 2. The van der Waals surface area contributed by atoms with Gasteiger partial charge in [0.25, 0.3) is 11.8 Å². The number of hydrogen-bond donors (Lipinski definition) is 0. The predicted molar refractivity (Wildman–Crippen MR) is 112 cm³/mol. The summed E-state index contributed by atoms with van der Waals surface area (Å²) in [5, 5.41) is 8.31. The Morgan fingerprint density at radius 1 is 1.19 bits per heavy atom. The molecule has 1 amide bonds. The molecule has 0 aliphatic carbocycles. The third kappa shape index (κ3) is 5.28. The van der Waals surface area contributed by atoms with Gasteiger partial charge in [0.1, 0.15) is 5.82 Å². The van der Waals surface area contributed by atoms with E-state index in [4.69, 9.17) is 0 Å². The molecule has 0 spiro atoms. The number of carbonyl (C=O) groups excluding carboxylic acids is 1. The van der Waals surface area contributed by atoms with Crippen molar-refractivity contribution in [3.8, 4) is 5.69 Å². The lowest BCUT2D eigenvalue weighted by Gasteiger charge is -2.29. The molecule has 9 heteroatoms. The highest BCUT2D eigenvalue weighted by atomic mass is 19.3. The summed E-state index contributed by atoms with van der Waals surface area (Å²) in [5.74, 6) is -2.61. The lowest BCUT2D eigenvalue weighted by molar-refractivity contribution is 0.0166. The summed E-state index contributed by atoms with van der Waals surface area (Å²) in [6, 6.07) is 5.48. The summed E-state index contributed by atoms with van der Waals surface area (Å²) in [6.07, 6.45) is 6.52. The molecule has 31 heavy (non-hydrogen) atoms. The minimum atomic E-state index is -2.97. The molecule has 3 rings (SSSR count). The molecule has 0 aliphatic heterocycles. The van der Waals surface area contributed by atoms with E-state index in [1.807, 2.05) is 39.0 Å². The van der Waals surface area contributed by atoms with Crippen molar-refractivity contribution in [3.63, 3.8) is 0 Å². The summed E-state index contributed by atoms with van der Waals surface area (Å²) in [5.41, 5.74) is 1.89. The average Bonchev–Trinajstić information content (AvgIpc) is 3.27. The third-order valence-electron chi connectivity index (χ3n) is 5.15. The van der Waals surface area contributed by atoms with Gasteiger partial charge in [0.15, 0.2) is 0 Å². The van der Waals surface area contributed by atoms with Gasteiger partial charge in [-0.1, -0.05) is 11.6 Å². The summed E-state index contributed by atoms with van der Waals surface area (Å²) in [7, 11) is 0. The van der Waals surface area contributed by atoms with Gasteiger partial charge in [-0.25, -0.2) is 18.7 Å². The molecular weight excluding hydrogens is 402 g/mol. The molecule has 0 unspecified atom stereocenters. The maximum Gasteiger partial charge on any atom is 0.273 e. The van der Waals surface area contributed by atoms with Crippen LogP contribution in [0.1, 0.15) is 54.5 Å². The molecule has 2 aromatic heterocycles. The van der Waals surface area contributed by atoms with Crippen molar-refractivity contribution in [3.05, 3.63) is 65.5 Å². The van der Waals surface area contributed by atoms with E-state index in [-0.39, 0.29) is 17.5 Å². The zero-order chi connectivity index (χ0) is 22.6. The summed E-state index contributed by atoms with van der Waals surface area (Å²) in [4.78, 5) is 24.7. The molecule has 0 N–H and O–H groups in total. The van der Waals surface area contributed by atoms with E-state index >= 15 is 0 Å². The van der Waals surface area contributed by atoms with Crippen LogP contribution in [-0.2, 0) is 12.3 Å². The van der Waals surface area contributed by atoms with E-state index in [0.717, 1.165) is 24.9 Å². The van der Waals surface area contributed by atoms with E-state index in [1.165, 1.54) is 4.80 Å². The van der Waals surface area contributed by atoms with Crippen molar-refractivity contribution >= 4 is 5.91 Å². The van der Waals surface area contributed by atoms with Crippen molar-refractivity contribution < 1.29 is 13.6 Å². The molecule has 0 aliphatic rings. The fourth-order valence-electron chi connectivity index (χ4n) is 3.35. The Bertz CT molecular complexity index is 1020. The van der Waals surface area contributed by atoms with Crippen molar-refractivity contribution in [1.82, 2.24) is 29.9 Å². The molecule has 2 heterocycles. The molecule has 0 saturated carbocycles. The van der Waals surface area contributed by atoms with Crippen LogP contribution in [0.5, 0.6) is 0 Å². The lowest BCUT2D eigenvalue weighted by Crippen LogP contribution is -2.39. The first-order valence-corrected chi connectivity index (χ1v) is 10.2. The highest BCUT2D eigenvalue weighted by Gasteiger charge is 2.26. The van der Waals surface area contributed by atoms with Crippen molar-refractivity contribution in [2.75, 3.05) is 6.54 Å². The first-order valence-electron chi connectivity index (χ1n) is 10.2. The molecule has 7 nitrogen and oxygen atoms in total. The SMILES string of the molecule is CCN(C(=O)c1cc(C)ccc1-n1nccn1)[C@@H](C)CCc1ncc(C(C)(F)F)cn1. The van der Waals surface area contributed by atoms with E-state index in [0.29, 0.717) is 36.5 Å².